The van der Waals surface area contributed by atoms with Gasteiger partial charge in [0, 0.05) is 36.1 Å². The van der Waals surface area contributed by atoms with Crippen LogP contribution >= 0.6 is 0 Å². The molecule has 0 spiro atoms. The Hall–Kier alpha value is -3.41. The van der Waals surface area contributed by atoms with Crippen LogP contribution in [-0.2, 0) is 17.8 Å². The SMILES string of the molecule is Cc1cccc(COc2ccc(-c3cnc(C)c(CC(=O)O)c3N3CCC(C)(C)CC3)nc2)c1. The van der Waals surface area contributed by atoms with Crippen LogP contribution in [0.25, 0.3) is 11.3 Å². The van der Waals surface area contributed by atoms with Crippen LogP contribution in [0.2, 0.25) is 0 Å². The van der Waals surface area contributed by atoms with Gasteiger partial charge in [-0.3, -0.25) is 14.8 Å². The molecule has 2 aromatic heterocycles. The zero-order valence-electron chi connectivity index (χ0n) is 20.5. The number of hydrogen-bond acceptors (Lipinski definition) is 5. The van der Waals surface area contributed by atoms with Crippen molar-refractivity contribution in [2.45, 2.75) is 53.6 Å². The van der Waals surface area contributed by atoms with Crippen LogP contribution in [0.5, 0.6) is 5.75 Å². The number of aliphatic carboxylic acids is 1. The third kappa shape index (κ3) is 5.56. The molecule has 0 radical (unpaired) electrons. The number of anilines is 1. The molecule has 34 heavy (non-hydrogen) atoms. The lowest BCUT2D eigenvalue weighted by molar-refractivity contribution is -0.136. The summed E-state index contributed by atoms with van der Waals surface area (Å²) in [6.07, 6.45) is 5.61. The first-order valence-corrected chi connectivity index (χ1v) is 11.8. The fourth-order valence-corrected chi connectivity index (χ4v) is 4.48. The van der Waals surface area contributed by atoms with Crippen molar-refractivity contribution in [1.82, 2.24) is 9.97 Å². The van der Waals surface area contributed by atoms with Crippen LogP contribution in [0.3, 0.4) is 0 Å². The molecule has 4 rings (SSSR count). The van der Waals surface area contributed by atoms with E-state index >= 15 is 0 Å². The molecule has 1 saturated heterocycles. The number of aryl methyl sites for hydroxylation is 2. The van der Waals surface area contributed by atoms with Gasteiger partial charge in [-0.25, -0.2) is 0 Å². The predicted octanol–water partition coefficient (Wildman–Crippen LogP) is 5.59. The summed E-state index contributed by atoms with van der Waals surface area (Å²) in [7, 11) is 0. The van der Waals surface area contributed by atoms with Crippen LogP contribution in [0.15, 0.2) is 48.8 Å². The molecule has 0 unspecified atom stereocenters. The standard InChI is InChI=1S/C28H33N3O3/c1-19-6-5-7-21(14-19)18-34-22-8-9-25(30-16-22)24-17-29-20(2)23(15-26(32)33)27(24)31-12-10-28(3,4)11-13-31/h5-9,14,16-17H,10-13,15,18H2,1-4H3,(H,32,33). The first-order chi connectivity index (χ1) is 16.2. The fourth-order valence-electron chi connectivity index (χ4n) is 4.48. The van der Waals surface area contributed by atoms with Gasteiger partial charge in [0.2, 0.25) is 0 Å². The average molecular weight is 460 g/mol. The van der Waals surface area contributed by atoms with E-state index in [2.05, 4.69) is 47.8 Å². The van der Waals surface area contributed by atoms with E-state index in [0.717, 1.165) is 59.7 Å². The Morgan fingerprint density at radius 1 is 1.09 bits per heavy atom. The number of carbonyl (C=O) groups is 1. The summed E-state index contributed by atoms with van der Waals surface area (Å²) in [5.74, 6) is -0.161. The Morgan fingerprint density at radius 2 is 1.85 bits per heavy atom. The highest BCUT2D eigenvalue weighted by Gasteiger charge is 2.29. The second kappa shape index (κ2) is 9.84. The number of rotatable bonds is 7. The van der Waals surface area contributed by atoms with Crippen molar-refractivity contribution < 1.29 is 14.6 Å². The molecule has 1 N–H and O–H groups in total. The Morgan fingerprint density at radius 3 is 2.50 bits per heavy atom. The van der Waals surface area contributed by atoms with Crippen molar-refractivity contribution in [1.29, 1.82) is 0 Å². The number of pyridine rings is 2. The summed E-state index contributed by atoms with van der Waals surface area (Å²) >= 11 is 0. The molecule has 0 amide bonds. The summed E-state index contributed by atoms with van der Waals surface area (Å²) < 4.78 is 5.94. The van der Waals surface area contributed by atoms with Crippen LogP contribution in [-0.4, -0.2) is 34.1 Å². The monoisotopic (exact) mass is 459 g/mol. The first-order valence-electron chi connectivity index (χ1n) is 11.8. The minimum Gasteiger partial charge on any atom is -0.487 e. The summed E-state index contributed by atoms with van der Waals surface area (Å²) in [6.45, 7) is 10.8. The van der Waals surface area contributed by atoms with E-state index in [4.69, 9.17) is 4.74 Å². The van der Waals surface area contributed by atoms with E-state index in [0.29, 0.717) is 17.8 Å². The fraction of sp³-hybridized carbons (Fsp3) is 0.393. The second-order valence-electron chi connectivity index (χ2n) is 9.96. The van der Waals surface area contributed by atoms with E-state index in [9.17, 15) is 9.90 Å². The number of carboxylic acid groups (broad SMARTS) is 1. The highest BCUT2D eigenvalue weighted by molar-refractivity contribution is 5.83. The first kappa shape index (κ1) is 23.7. The van der Waals surface area contributed by atoms with E-state index < -0.39 is 5.97 Å². The van der Waals surface area contributed by atoms with Crippen LogP contribution in [0.1, 0.15) is 49.1 Å². The number of carboxylic acids is 1. The van der Waals surface area contributed by atoms with Crippen molar-refractivity contribution in [3.8, 4) is 17.0 Å². The summed E-state index contributed by atoms with van der Waals surface area (Å²) in [5, 5.41) is 9.59. The van der Waals surface area contributed by atoms with Crippen molar-refractivity contribution in [3.05, 3.63) is 71.2 Å². The minimum absolute atomic E-state index is 0.0560. The van der Waals surface area contributed by atoms with E-state index in [-0.39, 0.29) is 6.42 Å². The predicted molar refractivity (Wildman–Crippen MR) is 134 cm³/mol. The molecule has 3 heterocycles. The topological polar surface area (TPSA) is 75.6 Å². The van der Waals surface area contributed by atoms with Crippen molar-refractivity contribution in [3.63, 3.8) is 0 Å². The molecule has 0 bridgehead atoms. The van der Waals surface area contributed by atoms with Crippen LogP contribution in [0.4, 0.5) is 5.69 Å². The molecule has 0 aliphatic carbocycles. The molecule has 6 heteroatoms. The number of aromatic nitrogens is 2. The van der Waals surface area contributed by atoms with Crippen molar-refractivity contribution in [2.75, 3.05) is 18.0 Å². The maximum absolute atomic E-state index is 11.7. The van der Waals surface area contributed by atoms with E-state index in [1.807, 2.05) is 37.4 Å². The molecule has 0 saturated carbocycles. The highest BCUT2D eigenvalue weighted by Crippen LogP contribution is 2.39. The molecule has 3 aromatic rings. The summed E-state index contributed by atoms with van der Waals surface area (Å²) in [5.41, 5.74) is 6.71. The number of nitrogens with zero attached hydrogens (tertiary/aromatic N) is 3. The zero-order valence-corrected chi connectivity index (χ0v) is 20.5. The summed E-state index contributed by atoms with van der Waals surface area (Å²) in [6, 6.07) is 12.1. The Balaban J connectivity index is 1.63. The highest BCUT2D eigenvalue weighted by atomic mass is 16.5. The Labute approximate surface area is 201 Å². The molecular weight excluding hydrogens is 426 g/mol. The van der Waals surface area contributed by atoms with Crippen molar-refractivity contribution in [2.24, 2.45) is 5.41 Å². The van der Waals surface area contributed by atoms with Crippen molar-refractivity contribution >= 4 is 11.7 Å². The number of benzene rings is 1. The van der Waals surface area contributed by atoms with Gasteiger partial charge in [-0.05, 0) is 49.8 Å². The molecule has 1 fully saturated rings. The molecule has 1 aliphatic rings. The number of piperidine rings is 1. The van der Waals surface area contributed by atoms with Gasteiger partial charge in [0.15, 0.2) is 0 Å². The molecule has 1 aliphatic heterocycles. The molecule has 178 valence electrons. The van der Waals surface area contributed by atoms with Gasteiger partial charge >= 0.3 is 5.97 Å². The maximum Gasteiger partial charge on any atom is 0.307 e. The summed E-state index contributed by atoms with van der Waals surface area (Å²) in [4.78, 5) is 23.2. The zero-order chi connectivity index (χ0) is 24.3. The van der Waals surface area contributed by atoms with Gasteiger partial charge in [-0.1, -0.05) is 43.7 Å². The van der Waals surface area contributed by atoms with E-state index in [1.54, 1.807) is 6.20 Å². The maximum atomic E-state index is 11.7. The second-order valence-corrected chi connectivity index (χ2v) is 9.96. The lowest BCUT2D eigenvalue weighted by Gasteiger charge is -2.40. The smallest absolute Gasteiger partial charge is 0.307 e. The van der Waals surface area contributed by atoms with Gasteiger partial charge in [-0.2, -0.15) is 0 Å². The largest absolute Gasteiger partial charge is 0.487 e. The normalized spacial score (nSPS) is 15.2. The Kier molecular flexibility index (Phi) is 6.87. The van der Waals surface area contributed by atoms with Gasteiger partial charge in [-0.15, -0.1) is 0 Å². The van der Waals surface area contributed by atoms with Gasteiger partial charge in [0.1, 0.15) is 12.4 Å². The quantitative estimate of drug-likeness (QED) is 0.496. The van der Waals surface area contributed by atoms with Crippen LogP contribution in [0, 0.1) is 19.3 Å². The Bertz CT molecular complexity index is 1160. The lowest BCUT2D eigenvalue weighted by Crippen LogP contribution is -2.38. The van der Waals surface area contributed by atoms with Gasteiger partial charge in [0.05, 0.1) is 24.0 Å². The van der Waals surface area contributed by atoms with Gasteiger partial charge < -0.3 is 14.7 Å². The molecule has 0 atom stereocenters. The average Bonchev–Trinajstić information content (AvgIpc) is 2.79. The molecule has 6 nitrogen and oxygen atoms in total. The minimum atomic E-state index is -0.853. The van der Waals surface area contributed by atoms with E-state index in [1.165, 1.54) is 5.56 Å². The molecule has 1 aromatic carbocycles. The van der Waals surface area contributed by atoms with Gasteiger partial charge in [0.25, 0.3) is 0 Å². The lowest BCUT2D eigenvalue weighted by atomic mass is 9.82. The third-order valence-corrected chi connectivity index (χ3v) is 6.63. The van der Waals surface area contributed by atoms with Crippen LogP contribution < -0.4 is 9.64 Å². The third-order valence-electron chi connectivity index (χ3n) is 6.63. The number of ether oxygens (including phenoxy) is 1. The molecular formula is C28H33N3O3. The number of hydrogen-bond donors (Lipinski definition) is 1.